The van der Waals surface area contributed by atoms with Gasteiger partial charge >= 0.3 is 0 Å². The van der Waals surface area contributed by atoms with Crippen LogP contribution in [-0.2, 0) is 14.8 Å². The van der Waals surface area contributed by atoms with Crippen molar-refractivity contribution in [1.29, 1.82) is 0 Å². The molecule has 1 aromatic heterocycles. The van der Waals surface area contributed by atoms with Crippen LogP contribution in [0.25, 0.3) is 0 Å². The fourth-order valence-corrected chi connectivity index (χ4v) is 2.66. The quantitative estimate of drug-likeness (QED) is 0.788. The Bertz CT molecular complexity index is 515. The Morgan fingerprint density at radius 1 is 1.42 bits per heavy atom. The largest absolute Gasteiger partial charge is 0.377 e. The van der Waals surface area contributed by atoms with Gasteiger partial charge in [-0.1, -0.05) is 0 Å². The number of aromatic nitrogens is 1. The summed E-state index contributed by atoms with van der Waals surface area (Å²) >= 11 is 0. The molecule has 0 aliphatic rings. The molecule has 2 N–H and O–H groups in total. The number of pyridine rings is 1. The predicted octanol–water partition coefficient (Wildman–Crippen LogP) is 1.22. The molecule has 0 saturated carbocycles. The lowest BCUT2D eigenvalue weighted by Crippen LogP contribution is -2.39. The van der Waals surface area contributed by atoms with Crippen LogP contribution in [0, 0.1) is 0 Å². The van der Waals surface area contributed by atoms with E-state index >= 15 is 0 Å². The molecule has 19 heavy (non-hydrogen) atoms. The molecule has 0 unspecified atom stereocenters. The zero-order chi connectivity index (χ0) is 14.5. The minimum absolute atomic E-state index is 0.142. The molecule has 1 rings (SSSR count). The predicted molar refractivity (Wildman–Crippen MR) is 74.7 cm³/mol. The van der Waals surface area contributed by atoms with E-state index in [0.717, 1.165) is 0 Å². The van der Waals surface area contributed by atoms with Gasteiger partial charge in [-0.25, -0.2) is 18.1 Å². The summed E-state index contributed by atoms with van der Waals surface area (Å²) in [5, 5.41) is 2.93. The van der Waals surface area contributed by atoms with Crippen molar-refractivity contribution in [1.82, 2.24) is 9.71 Å². The van der Waals surface area contributed by atoms with Crippen molar-refractivity contribution in [2.45, 2.75) is 31.3 Å². The first kappa shape index (κ1) is 15.9. The van der Waals surface area contributed by atoms with Gasteiger partial charge in [-0.15, -0.1) is 0 Å². The van der Waals surface area contributed by atoms with Crippen LogP contribution >= 0.6 is 0 Å². The lowest BCUT2D eigenvalue weighted by atomic mass is 10.1. The molecule has 0 aliphatic carbocycles. The van der Waals surface area contributed by atoms with Gasteiger partial charge in [-0.05, 0) is 32.9 Å². The smallest absolute Gasteiger partial charge is 0.244 e. The average molecular weight is 287 g/mol. The number of hydrogen-bond acceptors (Lipinski definition) is 5. The normalized spacial score (nSPS) is 12.4. The van der Waals surface area contributed by atoms with Crippen LogP contribution in [0.1, 0.15) is 20.8 Å². The molecule has 6 nitrogen and oxygen atoms in total. The highest BCUT2D eigenvalue weighted by atomic mass is 32.2. The molecule has 0 fully saturated rings. The van der Waals surface area contributed by atoms with Crippen molar-refractivity contribution in [3.8, 4) is 0 Å². The summed E-state index contributed by atoms with van der Waals surface area (Å²) in [4.78, 5) is 4.18. The number of rotatable bonds is 7. The number of nitrogens with one attached hydrogen (secondary N) is 2. The average Bonchev–Trinajstić information content (AvgIpc) is 2.38. The lowest BCUT2D eigenvalue weighted by molar-refractivity contribution is 0.0276. The minimum atomic E-state index is -3.61. The van der Waals surface area contributed by atoms with Crippen molar-refractivity contribution in [2.75, 3.05) is 25.5 Å². The molecule has 0 aliphatic heterocycles. The van der Waals surface area contributed by atoms with Gasteiger partial charge in [0.25, 0.3) is 0 Å². The summed E-state index contributed by atoms with van der Waals surface area (Å²) in [5.74, 6) is 0.354. The highest BCUT2D eigenvalue weighted by Gasteiger charge is 2.23. The maximum absolute atomic E-state index is 12.2. The van der Waals surface area contributed by atoms with E-state index in [9.17, 15) is 8.42 Å². The molecule has 0 bridgehead atoms. The molecule has 108 valence electrons. The maximum atomic E-state index is 12.2. The van der Waals surface area contributed by atoms with Crippen LogP contribution in [0.3, 0.4) is 0 Å². The van der Waals surface area contributed by atoms with Crippen molar-refractivity contribution in [2.24, 2.45) is 0 Å². The number of methoxy groups -OCH3 is 1. The fraction of sp³-hybridized carbons (Fsp3) is 0.583. The van der Waals surface area contributed by atoms with Crippen molar-refractivity contribution in [3.63, 3.8) is 0 Å². The van der Waals surface area contributed by atoms with Crippen LogP contribution in [0.4, 0.5) is 5.82 Å². The van der Waals surface area contributed by atoms with Gasteiger partial charge in [0.15, 0.2) is 0 Å². The number of sulfonamides is 1. The highest BCUT2D eigenvalue weighted by Crippen LogP contribution is 2.18. The lowest BCUT2D eigenvalue weighted by Gasteiger charge is -2.23. The Morgan fingerprint density at radius 2 is 2.11 bits per heavy atom. The zero-order valence-electron chi connectivity index (χ0n) is 11.7. The summed E-state index contributed by atoms with van der Waals surface area (Å²) in [7, 11) is -2.07. The molecule has 0 saturated heterocycles. The van der Waals surface area contributed by atoms with Crippen LogP contribution < -0.4 is 10.0 Å². The third kappa shape index (κ3) is 4.45. The van der Waals surface area contributed by atoms with Gasteiger partial charge < -0.3 is 10.1 Å². The van der Waals surface area contributed by atoms with Crippen molar-refractivity contribution >= 4 is 15.8 Å². The Morgan fingerprint density at radius 3 is 2.68 bits per heavy atom. The Kier molecular flexibility index (Phi) is 5.28. The fourth-order valence-electron chi connectivity index (χ4n) is 1.33. The molecule has 7 heteroatoms. The molecular weight excluding hydrogens is 266 g/mol. The summed E-state index contributed by atoms with van der Waals surface area (Å²) in [6.07, 6.45) is 1.55. The monoisotopic (exact) mass is 287 g/mol. The highest BCUT2D eigenvalue weighted by molar-refractivity contribution is 7.89. The zero-order valence-corrected chi connectivity index (χ0v) is 12.5. The second kappa shape index (κ2) is 6.31. The van der Waals surface area contributed by atoms with Crippen LogP contribution in [0.2, 0.25) is 0 Å². The molecule has 0 spiro atoms. The van der Waals surface area contributed by atoms with Crippen LogP contribution in [-0.4, -0.2) is 39.2 Å². The molecule has 0 radical (unpaired) electrons. The third-order valence-electron chi connectivity index (χ3n) is 2.64. The number of anilines is 1. The molecule has 1 aromatic rings. The van der Waals surface area contributed by atoms with E-state index in [1.165, 1.54) is 6.07 Å². The van der Waals surface area contributed by atoms with E-state index in [1.54, 1.807) is 19.4 Å². The summed E-state index contributed by atoms with van der Waals surface area (Å²) in [5.41, 5.74) is -0.562. The van der Waals surface area contributed by atoms with Gasteiger partial charge in [-0.2, -0.15) is 0 Å². The topological polar surface area (TPSA) is 80.3 Å². The summed E-state index contributed by atoms with van der Waals surface area (Å²) < 4.78 is 32.2. The second-order valence-corrected chi connectivity index (χ2v) is 6.40. The van der Waals surface area contributed by atoms with Gasteiger partial charge in [0.2, 0.25) is 10.0 Å². The van der Waals surface area contributed by atoms with E-state index in [1.807, 2.05) is 20.8 Å². The summed E-state index contributed by atoms with van der Waals surface area (Å²) in [6, 6.07) is 3.12. The standard InChI is InChI=1S/C12H21N3O3S/c1-5-13-11-10(7-6-8-14-11)19(16,17)15-9-12(2,3)18-4/h6-8,15H,5,9H2,1-4H3,(H,13,14). The summed E-state index contributed by atoms with van der Waals surface area (Å²) in [6.45, 7) is 6.29. The first-order valence-electron chi connectivity index (χ1n) is 6.06. The van der Waals surface area contributed by atoms with E-state index in [4.69, 9.17) is 4.74 Å². The maximum Gasteiger partial charge on any atom is 0.244 e. The Balaban J connectivity index is 2.95. The van der Waals surface area contributed by atoms with Gasteiger partial charge in [0.05, 0.1) is 5.60 Å². The molecule has 1 heterocycles. The minimum Gasteiger partial charge on any atom is -0.377 e. The first-order chi connectivity index (χ1) is 8.82. The van der Waals surface area contributed by atoms with Crippen molar-refractivity contribution < 1.29 is 13.2 Å². The van der Waals surface area contributed by atoms with E-state index < -0.39 is 15.6 Å². The van der Waals surface area contributed by atoms with Gasteiger partial charge in [-0.3, -0.25) is 0 Å². The molecule has 0 amide bonds. The van der Waals surface area contributed by atoms with Gasteiger partial charge in [0, 0.05) is 26.4 Å². The first-order valence-corrected chi connectivity index (χ1v) is 7.54. The molecular formula is C12H21N3O3S. The van der Waals surface area contributed by atoms with Crippen LogP contribution in [0.5, 0.6) is 0 Å². The van der Waals surface area contributed by atoms with E-state index in [0.29, 0.717) is 12.4 Å². The number of ether oxygens (including phenoxy) is 1. The van der Waals surface area contributed by atoms with Crippen LogP contribution in [0.15, 0.2) is 23.2 Å². The Labute approximate surface area is 114 Å². The Hall–Kier alpha value is -1.18. The van der Waals surface area contributed by atoms with E-state index in [2.05, 4.69) is 15.0 Å². The van der Waals surface area contributed by atoms with Crippen molar-refractivity contribution in [3.05, 3.63) is 18.3 Å². The third-order valence-corrected chi connectivity index (χ3v) is 4.08. The van der Waals surface area contributed by atoms with Gasteiger partial charge in [0.1, 0.15) is 10.7 Å². The molecule has 0 atom stereocenters. The second-order valence-electron chi connectivity index (χ2n) is 4.67. The van der Waals surface area contributed by atoms with E-state index in [-0.39, 0.29) is 11.4 Å². The number of nitrogens with zero attached hydrogens (tertiary/aromatic N) is 1. The SMILES string of the molecule is CCNc1ncccc1S(=O)(=O)NCC(C)(C)OC. The molecule has 0 aromatic carbocycles. The number of hydrogen-bond donors (Lipinski definition) is 2.